The Bertz CT molecular complexity index is 1190. The van der Waals surface area contributed by atoms with Crippen molar-refractivity contribution in [2.75, 3.05) is 49.1 Å². The molecule has 0 bridgehead atoms. The lowest BCUT2D eigenvalue weighted by atomic mass is 9.95. The number of piperazine rings is 1. The Balaban J connectivity index is 1.14. The van der Waals surface area contributed by atoms with Gasteiger partial charge in [-0.05, 0) is 75.9 Å². The fraction of sp³-hybridized carbons (Fsp3) is 0.481. The molecule has 1 amide bonds. The van der Waals surface area contributed by atoms with Crippen molar-refractivity contribution in [2.45, 2.75) is 40.5 Å². The number of amides is 1. The minimum absolute atomic E-state index is 0.0976. The molecule has 2 saturated heterocycles. The first kappa shape index (κ1) is 23.3. The van der Waals surface area contributed by atoms with Gasteiger partial charge in [0.25, 0.3) is 0 Å². The molecule has 8 nitrogen and oxygen atoms in total. The molecule has 8 heteroatoms. The van der Waals surface area contributed by atoms with E-state index in [4.69, 9.17) is 0 Å². The number of benzene rings is 1. The summed E-state index contributed by atoms with van der Waals surface area (Å²) in [5.41, 5.74) is 5.89. The van der Waals surface area contributed by atoms with Crippen LogP contribution >= 0.6 is 0 Å². The fourth-order valence-corrected chi connectivity index (χ4v) is 5.30. The Morgan fingerprint density at radius 1 is 0.800 bits per heavy atom. The standard InChI is InChI=1S/C27H35N7O/c1-19-5-6-20(2)24(17-19)31-13-15-33(16-14-31)27(35)23-9-11-32(12-10-23)25-7-8-26(29-28-25)34-22(4)18-21(3)30-34/h5-8,17-18,23H,9-16H2,1-4H3. The molecule has 0 radical (unpaired) electrons. The highest BCUT2D eigenvalue weighted by atomic mass is 16.2. The van der Waals surface area contributed by atoms with Gasteiger partial charge < -0.3 is 14.7 Å². The summed E-state index contributed by atoms with van der Waals surface area (Å²) in [7, 11) is 0. The maximum atomic E-state index is 13.2. The van der Waals surface area contributed by atoms with E-state index in [2.05, 4.69) is 62.0 Å². The van der Waals surface area contributed by atoms with Crippen LogP contribution in [0.2, 0.25) is 0 Å². The first-order chi connectivity index (χ1) is 16.9. The van der Waals surface area contributed by atoms with Crippen molar-refractivity contribution in [1.82, 2.24) is 24.9 Å². The smallest absolute Gasteiger partial charge is 0.225 e. The molecule has 2 fully saturated rings. The van der Waals surface area contributed by atoms with Gasteiger partial charge in [-0.1, -0.05) is 12.1 Å². The van der Waals surface area contributed by atoms with Crippen molar-refractivity contribution >= 4 is 17.4 Å². The third-order valence-corrected chi connectivity index (χ3v) is 7.33. The van der Waals surface area contributed by atoms with E-state index < -0.39 is 0 Å². The minimum atomic E-state index is 0.0976. The number of carbonyl (C=O) groups excluding carboxylic acids is 1. The second kappa shape index (κ2) is 9.68. The Morgan fingerprint density at radius 3 is 2.11 bits per heavy atom. The van der Waals surface area contributed by atoms with E-state index in [9.17, 15) is 4.79 Å². The molecule has 35 heavy (non-hydrogen) atoms. The van der Waals surface area contributed by atoms with Gasteiger partial charge in [-0.2, -0.15) is 5.10 Å². The number of carbonyl (C=O) groups is 1. The normalized spacial score (nSPS) is 17.2. The van der Waals surface area contributed by atoms with E-state index in [-0.39, 0.29) is 5.92 Å². The number of aromatic nitrogens is 4. The SMILES string of the molecule is Cc1ccc(C)c(N2CCN(C(=O)C3CCN(c4ccc(-n5nc(C)cc5C)nn4)CC3)CC2)c1. The quantitative estimate of drug-likeness (QED) is 0.578. The highest BCUT2D eigenvalue weighted by molar-refractivity contribution is 5.79. The maximum Gasteiger partial charge on any atom is 0.225 e. The minimum Gasteiger partial charge on any atom is -0.368 e. The van der Waals surface area contributed by atoms with Crippen LogP contribution in [0, 0.1) is 33.6 Å². The van der Waals surface area contributed by atoms with E-state index in [1.807, 2.05) is 36.7 Å². The maximum absolute atomic E-state index is 13.2. The lowest BCUT2D eigenvalue weighted by molar-refractivity contribution is -0.136. The van der Waals surface area contributed by atoms with Crippen LogP contribution in [0.5, 0.6) is 0 Å². The fourth-order valence-electron chi connectivity index (χ4n) is 5.30. The summed E-state index contributed by atoms with van der Waals surface area (Å²) >= 11 is 0. The number of nitrogens with zero attached hydrogens (tertiary/aromatic N) is 7. The first-order valence-corrected chi connectivity index (χ1v) is 12.6. The zero-order chi connectivity index (χ0) is 24.5. The largest absolute Gasteiger partial charge is 0.368 e. The van der Waals surface area contributed by atoms with Gasteiger partial charge in [0.1, 0.15) is 0 Å². The molecule has 2 aliphatic rings. The highest BCUT2D eigenvalue weighted by Crippen LogP contribution is 2.26. The lowest BCUT2D eigenvalue weighted by Gasteiger charge is -2.40. The van der Waals surface area contributed by atoms with Crippen LogP contribution in [0.25, 0.3) is 5.82 Å². The Labute approximate surface area is 207 Å². The summed E-state index contributed by atoms with van der Waals surface area (Å²) < 4.78 is 1.82. The molecule has 0 N–H and O–H groups in total. The summed E-state index contributed by atoms with van der Waals surface area (Å²) in [5.74, 6) is 2.00. The first-order valence-electron chi connectivity index (χ1n) is 12.6. The Morgan fingerprint density at radius 2 is 1.49 bits per heavy atom. The van der Waals surface area contributed by atoms with Crippen LogP contribution in [-0.2, 0) is 4.79 Å². The molecule has 0 saturated carbocycles. The zero-order valence-electron chi connectivity index (χ0n) is 21.2. The molecule has 5 rings (SSSR count). The summed E-state index contributed by atoms with van der Waals surface area (Å²) in [6, 6.07) is 12.6. The second-order valence-corrected chi connectivity index (χ2v) is 9.95. The molecule has 3 aromatic rings. The van der Waals surface area contributed by atoms with Crippen molar-refractivity contribution in [2.24, 2.45) is 5.92 Å². The summed E-state index contributed by atoms with van der Waals surface area (Å²) in [5, 5.41) is 13.3. The molecule has 184 valence electrons. The average Bonchev–Trinajstić information content (AvgIpc) is 3.23. The molecular formula is C27H35N7O. The van der Waals surface area contributed by atoms with E-state index in [0.717, 1.165) is 75.1 Å². The topological polar surface area (TPSA) is 70.4 Å². The van der Waals surface area contributed by atoms with Crippen LogP contribution < -0.4 is 9.80 Å². The predicted octanol–water partition coefficient (Wildman–Crippen LogP) is 3.46. The monoisotopic (exact) mass is 473 g/mol. The molecule has 1 aromatic carbocycles. The van der Waals surface area contributed by atoms with Gasteiger partial charge in [0.05, 0.1) is 5.69 Å². The van der Waals surface area contributed by atoms with Crippen LogP contribution in [0.4, 0.5) is 11.5 Å². The van der Waals surface area contributed by atoms with Crippen LogP contribution in [0.3, 0.4) is 0 Å². The molecule has 0 unspecified atom stereocenters. The van der Waals surface area contributed by atoms with Crippen molar-refractivity contribution < 1.29 is 4.79 Å². The van der Waals surface area contributed by atoms with Gasteiger partial charge in [-0.3, -0.25) is 4.79 Å². The van der Waals surface area contributed by atoms with Crippen LogP contribution in [-0.4, -0.2) is 70.1 Å². The summed E-state index contributed by atoms with van der Waals surface area (Å²) in [6.45, 7) is 13.3. The molecule has 0 aliphatic carbocycles. The van der Waals surface area contributed by atoms with Gasteiger partial charge in [-0.15, -0.1) is 10.2 Å². The molecule has 0 spiro atoms. The summed E-state index contributed by atoms with van der Waals surface area (Å²) in [4.78, 5) is 20.0. The van der Waals surface area contributed by atoms with Gasteiger partial charge in [0, 0.05) is 56.6 Å². The number of hydrogen-bond acceptors (Lipinski definition) is 6. The highest BCUT2D eigenvalue weighted by Gasteiger charge is 2.31. The van der Waals surface area contributed by atoms with E-state index in [1.54, 1.807) is 0 Å². The third kappa shape index (κ3) is 4.88. The van der Waals surface area contributed by atoms with Crippen molar-refractivity contribution in [3.63, 3.8) is 0 Å². The van der Waals surface area contributed by atoms with Gasteiger partial charge in [-0.25, -0.2) is 4.68 Å². The molecule has 2 aromatic heterocycles. The third-order valence-electron chi connectivity index (χ3n) is 7.33. The molecule has 2 aliphatic heterocycles. The number of piperidine rings is 1. The Hall–Kier alpha value is -3.42. The number of anilines is 2. The van der Waals surface area contributed by atoms with Gasteiger partial charge in [0.2, 0.25) is 5.91 Å². The lowest BCUT2D eigenvalue weighted by Crippen LogP contribution is -2.52. The predicted molar refractivity (Wildman–Crippen MR) is 138 cm³/mol. The van der Waals surface area contributed by atoms with Crippen LogP contribution in [0.15, 0.2) is 36.4 Å². The van der Waals surface area contributed by atoms with E-state index in [0.29, 0.717) is 5.91 Å². The second-order valence-electron chi connectivity index (χ2n) is 9.95. The molecular weight excluding hydrogens is 438 g/mol. The zero-order valence-corrected chi connectivity index (χ0v) is 21.2. The van der Waals surface area contributed by atoms with Gasteiger partial charge >= 0.3 is 0 Å². The molecule has 4 heterocycles. The number of aryl methyl sites for hydroxylation is 4. The number of hydrogen-bond donors (Lipinski definition) is 0. The number of rotatable bonds is 4. The van der Waals surface area contributed by atoms with Crippen molar-refractivity contribution in [3.8, 4) is 5.82 Å². The van der Waals surface area contributed by atoms with E-state index >= 15 is 0 Å². The van der Waals surface area contributed by atoms with Gasteiger partial charge in [0.15, 0.2) is 11.6 Å². The summed E-state index contributed by atoms with van der Waals surface area (Å²) in [6.07, 6.45) is 1.72. The Kier molecular flexibility index (Phi) is 6.45. The van der Waals surface area contributed by atoms with Crippen molar-refractivity contribution in [1.29, 1.82) is 0 Å². The molecule has 0 atom stereocenters. The van der Waals surface area contributed by atoms with Crippen molar-refractivity contribution in [3.05, 3.63) is 58.9 Å². The average molecular weight is 474 g/mol. The van der Waals surface area contributed by atoms with E-state index in [1.165, 1.54) is 16.8 Å². The van der Waals surface area contributed by atoms with Crippen LogP contribution in [0.1, 0.15) is 35.4 Å².